The van der Waals surface area contributed by atoms with E-state index in [-0.39, 0.29) is 13.2 Å². The first kappa shape index (κ1) is 23.5. The van der Waals surface area contributed by atoms with Crippen LogP contribution in [0.2, 0.25) is 0 Å². The molecule has 2 aliphatic heterocycles. The molecule has 2 heterocycles. The third-order valence-corrected chi connectivity index (χ3v) is 4.08. The van der Waals surface area contributed by atoms with E-state index in [0.717, 1.165) is 18.3 Å². The number of rotatable bonds is 1. The molecule has 0 radical (unpaired) electrons. The normalized spacial score (nSPS) is 16.3. The molecule has 0 atom stereocenters. The number of benzene rings is 1. The van der Waals surface area contributed by atoms with Gasteiger partial charge in [0.15, 0.2) is 0 Å². The maximum absolute atomic E-state index is 12.3. The van der Waals surface area contributed by atoms with Crippen LogP contribution in [-0.4, -0.2) is 50.0 Å². The highest BCUT2D eigenvalue weighted by molar-refractivity contribution is 6.61. The first-order valence-corrected chi connectivity index (χ1v) is 10.3. The van der Waals surface area contributed by atoms with E-state index in [1.807, 2.05) is 48.5 Å². The van der Waals surface area contributed by atoms with Crippen molar-refractivity contribution < 1.29 is 18.8 Å². The molecule has 1 aromatic rings. The number of carbonyl (C=O) groups is 1. The highest BCUT2D eigenvalue weighted by Gasteiger charge is 2.28. The summed E-state index contributed by atoms with van der Waals surface area (Å²) in [5.74, 6) is 0. The van der Waals surface area contributed by atoms with Crippen molar-refractivity contribution in [1.29, 1.82) is 0 Å². The van der Waals surface area contributed by atoms with E-state index in [1.165, 1.54) is 11.1 Å². The predicted octanol–water partition coefficient (Wildman–Crippen LogP) is 3.82. The molecule has 1 amide bonds. The molecule has 1 fully saturated rings. The van der Waals surface area contributed by atoms with Crippen LogP contribution < -0.4 is 5.46 Å². The highest BCUT2D eigenvalue weighted by Crippen LogP contribution is 2.18. The Labute approximate surface area is 165 Å². The van der Waals surface area contributed by atoms with Crippen molar-refractivity contribution in [1.82, 2.24) is 4.90 Å². The number of hydrogen-bond acceptors (Lipinski definition) is 4. The van der Waals surface area contributed by atoms with Gasteiger partial charge >= 0.3 is 13.2 Å². The summed E-state index contributed by atoms with van der Waals surface area (Å²) in [5, 5.41) is 0. The Kier molecular flexibility index (Phi) is 9.88. The van der Waals surface area contributed by atoms with Crippen molar-refractivity contribution in [3.05, 3.63) is 29.3 Å². The standard InChI is InChI=1S/C17H24BNO4.2C2H6/c1-17(2,3)23-16(20)19-8-6-13-4-5-15(12-14(13)7-9-19)18-21-10-11-22-18;2*1-2/h4-5,12H,6-11H2,1-3H3;2*1-2H3. The average molecular weight is 377 g/mol. The van der Waals surface area contributed by atoms with E-state index < -0.39 is 5.60 Å². The Balaban J connectivity index is 0.000000855. The number of nitrogens with zero attached hydrogens (tertiary/aromatic N) is 1. The Morgan fingerprint density at radius 1 is 1.00 bits per heavy atom. The number of fused-ring (bicyclic) bond motifs is 1. The molecule has 0 bridgehead atoms. The molecule has 27 heavy (non-hydrogen) atoms. The number of ether oxygens (including phenoxy) is 1. The molecule has 0 N–H and O–H groups in total. The van der Waals surface area contributed by atoms with Crippen LogP contribution in [0.15, 0.2) is 18.2 Å². The van der Waals surface area contributed by atoms with Gasteiger partial charge in [-0.2, -0.15) is 0 Å². The van der Waals surface area contributed by atoms with Crippen molar-refractivity contribution in [2.45, 2.75) is 66.9 Å². The maximum atomic E-state index is 12.3. The summed E-state index contributed by atoms with van der Waals surface area (Å²) in [6.07, 6.45) is 1.45. The van der Waals surface area contributed by atoms with Crippen LogP contribution in [0.25, 0.3) is 0 Å². The molecule has 1 saturated heterocycles. The van der Waals surface area contributed by atoms with E-state index >= 15 is 0 Å². The van der Waals surface area contributed by atoms with Crippen molar-refractivity contribution in [2.24, 2.45) is 0 Å². The van der Waals surface area contributed by atoms with Crippen LogP contribution in [0.1, 0.15) is 59.6 Å². The Hall–Kier alpha value is -1.53. The summed E-state index contributed by atoms with van der Waals surface area (Å²) in [7, 11) is -0.245. The fraction of sp³-hybridized carbons (Fsp3) is 0.667. The second-order valence-corrected chi connectivity index (χ2v) is 7.07. The smallest absolute Gasteiger partial charge is 0.444 e. The molecule has 0 aromatic heterocycles. The Morgan fingerprint density at radius 3 is 2.11 bits per heavy atom. The molecule has 1 aromatic carbocycles. The predicted molar refractivity (Wildman–Crippen MR) is 112 cm³/mol. The molecule has 0 spiro atoms. The lowest BCUT2D eigenvalue weighted by atomic mass is 9.77. The van der Waals surface area contributed by atoms with E-state index in [4.69, 9.17) is 14.0 Å². The second kappa shape index (κ2) is 11.3. The summed E-state index contributed by atoms with van der Waals surface area (Å²) in [6.45, 7) is 16.3. The summed E-state index contributed by atoms with van der Waals surface area (Å²) in [4.78, 5) is 14.1. The van der Waals surface area contributed by atoms with Gasteiger partial charge in [-0.05, 0) is 50.2 Å². The van der Waals surface area contributed by atoms with Crippen LogP contribution in [-0.2, 0) is 26.9 Å². The molecule has 5 nitrogen and oxygen atoms in total. The van der Waals surface area contributed by atoms with E-state index in [1.54, 1.807) is 4.90 Å². The van der Waals surface area contributed by atoms with Gasteiger partial charge in [-0.15, -0.1) is 0 Å². The molecule has 6 heteroatoms. The van der Waals surface area contributed by atoms with E-state index in [9.17, 15) is 4.79 Å². The fourth-order valence-corrected chi connectivity index (χ4v) is 2.95. The molecule has 0 saturated carbocycles. The largest absolute Gasteiger partial charge is 0.494 e. The lowest BCUT2D eigenvalue weighted by Crippen LogP contribution is -2.38. The van der Waals surface area contributed by atoms with Crippen LogP contribution >= 0.6 is 0 Å². The maximum Gasteiger partial charge on any atom is 0.494 e. The van der Waals surface area contributed by atoms with Gasteiger partial charge in [-0.3, -0.25) is 0 Å². The van der Waals surface area contributed by atoms with Gasteiger partial charge in [0.2, 0.25) is 0 Å². The lowest BCUT2D eigenvalue weighted by molar-refractivity contribution is 0.0258. The topological polar surface area (TPSA) is 48.0 Å². The summed E-state index contributed by atoms with van der Waals surface area (Å²) < 4.78 is 16.6. The monoisotopic (exact) mass is 377 g/mol. The van der Waals surface area contributed by atoms with Crippen molar-refractivity contribution in [2.75, 3.05) is 26.3 Å². The minimum atomic E-state index is -0.458. The van der Waals surface area contributed by atoms with Gasteiger partial charge in [0.1, 0.15) is 5.60 Å². The zero-order valence-corrected chi connectivity index (χ0v) is 18.1. The average Bonchev–Trinajstić information content (AvgIpc) is 3.10. The zero-order valence-electron chi connectivity index (χ0n) is 18.1. The van der Waals surface area contributed by atoms with E-state index in [0.29, 0.717) is 26.3 Å². The minimum absolute atomic E-state index is 0.229. The first-order chi connectivity index (χ1) is 12.9. The quantitative estimate of drug-likeness (QED) is 0.699. The van der Waals surface area contributed by atoms with Crippen LogP contribution in [0.5, 0.6) is 0 Å². The van der Waals surface area contributed by atoms with Gasteiger partial charge in [-0.1, -0.05) is 45.9 Å². The number of amides is 1. The molecule has 3 rings (SSSR count). The van der Waals surface area contributed by atoms with E-state index in [2.05, 4.69) is 18.2 Å². The van der Waals surface area contributed by atoms with Crippen LogP contribution in [0.3, 0.4) is 0 Å². The summed E-state index contributed by atoms with van der Waals surface area (Å²) >= 11 is 0. The van der Waals surface area contributed by atoms with Crippen LogP contribution in [0, 0.1) is 0 Å². The summed E-state index contributed by atoms with van der Waals surface area (Å²) in [5.41, 5.74) is 3.16. The molecular weight excluding hydrogens is 341 g/mol. The number of carbonyl (C=O) groups excluding carboxylic acids is 1. The molecule has 0 aliphatic carbocycles. The zero-order chi connectivity index (χ0) is 20.4. The third kappa shape index (κ3) is 7.19. The second-order valence-electron chi connectivity index (χ2n) is 7.07. The number of hydrogen-bond donors (Lipinski definition) is 0. The Morgan fingerprint density at radius 2 is 1.56 bits per heavy atom. The SMILES string of the molecule is CC.CC.CC(C)(C)OC(=O)N1CCc2ccc(B3OCCO3)cc2CC1. The molecular formula is C21H36BNO4. The van der Waals surface area contributed by atoms with Gasteiger partial charge in [-0.25, -0.2) is 4.79 Å². The van der Waals surface area contributed by atoms with Gasteiger partial charge in [0.05, 0.1) is 13.2 Å². The lowest BCUT2D eigenvalue weighted by Gasteiger charge is -2.26. The summed E-state index contributed by atoms with van der Waals surface area (Å²) in [6, 6.07) is 6.36. The minimum Gasteiger partial charge on any atom is -0.444 e. The molecule has 152 valence electrons. The van der Waals surface area contributed by atoms with Crippen LogP contribution in [0.4, 0.5) is 4.79 Å². The first-order valence-electron chi connectivity index (χ1n) is 10.3. The van der Waals surface area contributed by atoms with Crippen molar-refractivity contribution in [3.63, 3.8) is 0 Å². The van der Waals surface area contributed by atoms with Crippen molar-refractivity contribution in [3.8, 4) is 0 Å². The Bertz CT molecular complexity index is 580. The highest BCUT2D eigenvalue weighted by atomic mass is 16.6. The van der Waals surface area contributed by atoms with Crippen molar-refractivity contribution >= 4 is 18.7 Å². The third-order valence-electron chi connectivity index (χ3n) is 4.08. The van der Waals surface area contributed by atoms with Gasteiger partial charge < -0.3 is 18.9 Å². The molecule has 0 unspecified atom stereocenters. The molecule has 2 aliphatic rings. The van der Waals surface area contributed by atoms with Gasteiger partial charge in [0.25, 0.3) is 0 Å². The fourth-order valence-electron chi connectivity index (χ4n) is 2.95. The van der Waals surface area contributed by atoms with Gasteiger partial charge in [0, 0.05) is 13.1 Å².